The number of hydrogen-bond donors (Lipinski definition) is 1. The number of halogens is 1. The van der Waals surface area contributed by atoms with Crippen LogP contribution in [0.1, 0.15) is 18.0 Å². The van der Waals surface area contributed by atoms with Crippen LogP contribution in [0, 0.1) is 5.82 Å². The number of rotatable bonds is 5. The number of fused-ring (bicyclic) bond motifs is 1. The van der Waals surface area contributed by atoms with E-state index in [9.17, 15) is 9.18 Å². The summed E-state index contributed by atoms with van der Waals surface area (Å²) < 4.78 is 16.0. The fraction of sp³-hybridized carbons (Fsp3) is 0.111. The second-order valence-electron chi connectivity index (χ2n) is 5.59. The normalized spacial score (nSPS) is 12.4. The number of hydrogen-bond acceptors (Lipinski definition) is 4. The summed E-state index contributed by atoms with van der Waals surface area (Å²) in [5, 5.41) is 7.39. The lowest BCUT2D eigenvalue weighted by Crippen LogP contribution is -2.19. The molecule has 0 saturated heterocycles. The predicted molar refractivity (Wildman–Crippen MR) is 99.7 cm³/mol. The molecule has 0 aliphatic heterocycles. The second kappa shape index (κ2) is 6.78. The fourth-order valence-electron chi connectivity index (χ4n) is 2.71. The van der Waals surface area contributed by atoms with Crippen molar-refractivity contribution in [2.24, 2.45) is 0 Å². The van der Waals surface area contributed by atoms with Crippen LogP contribution in [0.2, 0.25) is 0 Å². The number of carbonyl (C=O) groups excluding carboxylic acids is 1. The molecule has 1 N–H and O–H groups in total. The highest BCUT2D eigenvalue weighted by Gasteiger charge is 2.19. The van der Waals surface area contributed by atoms with Crippen molar-refractivity contribution in [1.29, 1.82) is 0 Å². The summed E-state index contributed by atoms with van der Waals surface area (Å²) in [6.07, 6.45) is 4.21. The van der Waals surface area contributed by atoms with E-state index in [1.165, 1.54) is 23.5 Å². The van der Waals surface area contributed by atoms with Crippen molar-refractivity contribution in [2.75, 3.05) is 5.32 Å². The number of carbonyl (C=O) groups is 1. The van der Waals surface area contributed by atoms with E-state index in [-0.39, 0.29) is 17.8 Å². The average Bonchev–Trinajstić information content (AvgIpc) is 3.33. The van der Waals surface area contributed by atoms with E-state index >= 15 is 0 Å². The number of amides is 1. The lowest BCUT2D eigenvalue weighted by atomic mass is 10.1. The molecule has 0 spiro atoms. The van der Waals surface area contributed by atoms with Crippen LogP contribution in [-0.2, 0) is 4.79 Å². The van der Waals surface area contributed by atoms with Crippen molar-refractivity contribution < 1.29 is 9.18 Å². The van der Waals surface area contributed by atoms with E-state index in [0.29, 0.717) is 17.1 Å². The third-order valence-electron chi connectivity index (χ3n) is 3.89. The van der Waals surface area contributed by atoms with Crippen LogP contribution in [0.5, 0.6) is 0 Å². The topological polar surface area (TPSA) is 46.9 Å². The van der Waals surface area contributed by atoms with Gasteiger partial charge in [0.15, 0.2) is 5.13 Å². The Kier molecular flexibility index (Phi) is 4.33. The van der Waals surface area contributed by atoms with Crippen LogP contribution in [0.25, 0.3) is 10.2 Å². The van der Waals surface area contributed by atoms with E-state index in [1.807, 2.05) is 40.5 Å². The molecule has 4 nitrogen and oxygen atoms in total. The van der Waals surface area contributed by atoms with Gasteiger partial charge < -0.3 is 9.88 Å². The predicted octanol–water partition coefficient (Wildman–Crippen LogP) is 4.92. The van der Waals surface area contributed by atoms with Gasteiger partial charge in [-0.2, -0.15) is 11.3 Å². The van der Waals surface area contributed by atoms with E-state index < -0.39 is 0 Å². The van der Waals surface area contributed by atoms with Gasteiger partial charge in [0.2, 0.25) is 5.91 Å². The maximum atomic E-state index is 13.3. The van der Waals surface area contributed by atoms with Crippen molar-refractivity contribution in [1.82, 2.24) is 9.55 Å². The van der Waals surface area contributed by atoms with Gasteiger partial charge >= 0.3 is 0 Å². The van der Waals surface area contributed by atoms with E-state index in [4.69, 9.17) is 0 Å². The molecule has 126 valence electrons. The number of nitrogens with one attached hydrogen (secondary N) is 1. The van der Waals surface area contributed by atoms with Gasteiger partial charge in [0.25, 0.3) is 0 Å². The SMILES string of the molecule is O=C(CC(c1ccsc1)n1cccc1)Nc1nc2ccc(F)cc2s1. The highest BCUT2D eigenvalue weighted by atomic mass is 32.1. The molecule has 0 bridgehead atoms. The summed E-state index contributed by atoms with van der Waals surface area (Å²) in [4.78, 5) is 16.9. The van der Waals surface area contributed by atoms with Gasteiger partial charge in [0.05, 0.1) is 22.7 Å². The van der Waals surface area contributed by atoms with Gasteiger partial charge in [0.1, 0.15) is 5.82 Å². The summed E-state index contributed by atoms with van der Waals surface area (Å²) in [5.74, 6) is -0.427. The van der Waals surface area contributed by atoms with Crippen LogP contribution in [0.4, 0.5) is 9.52 Å². The number of aromatic nitrogens is 2. The minimum atomic E-state index is -0.306. The summed E-state index contributed by atoms with van der Waals surface area (Å²) in [6, 6.07) is 10.3. The highest BCUT2D eigenvalue weighted by Crippen LogP contribution is 2.28. The zero-order valence-electron chi connectivity index (χ0n) is 13.1. The fourth-order valence-corrected chi connectivity index (χ4v) is 4.33. The molecule has 25 heavy (non-hydrogen) atoms. The Morgan fingerprint density at radius 3 is 2.88 bits per heavy atom. The summed E-state index contributed by atoms with van der Waals surface area (Å²) in [5.41, 5.74) is 1.78. The van der Waals surface area contributed by atoms with E-state index in [0.717, 1.165) is 10.3 Å². The molecule has 0 aliphatic rings. The zero-order valence-corrected chi connectivity index (χ0v) is 14.7. The lowest BCUT2D eigenvalue weighted by molar-refractivity contribution is -0.116. The lowest BCUT2D eigenvalue weighted by Gasteiger charge is -2.17. The van der Waals surface area contributed by atoms with Gasteiger partial charge in [-0.05, 0) is 52.7 Å². The molecule has 4 rings (SSSR count). The largest absolute Gasteiger partial charge is 0.346 e. The molecule has 0 aliphatic carbocycles. The van der Waals surface area contributed by atoms with Crippen LogP contribution in [0.3, 0.4) is 0 Å². The van der Waals surface area contributed by atoms with Crippen molar-refractivity contribution >= 4 is 43.9 Å². The Bertz CT molecular complexity index is 959. The molecule has 3 heterocycles. The van der Waals surface area contributed by atoms with Crippen molar-refractivity contribution in [2.45, 2.75) is 12.5 Å². The first kappa shape index (κ1) is 16.0. The van der Waals surface area contributed by atoms with Crippen molar-refractivity contribution in [3.05, 3.63) is 70.9 Å². The van der Waals surface area contributed by atoms with Gasteiger partial charge in [-0.25, -0.2) is 9.37 Å². The Morgan fingerprint density at radius 1 is 1.28 bits per heavy atom. The number of thiophene rings is 1. The molecular weight excluding hydrogens is 357 g/mol. The van der Waals surface area contributed by atoms with Gasteiger partial charge in [-0.3, -0.25) is 4.79 Å². The minimum Gasteiger partial charge on any atom is -0.346 e. The molecule has 3 aromatic heterocycles. The molecule has 4 aromatic rings. The quantitative estimate of drug-likeness (QED) is 0.541. The number of benzene rings is 1. The summed E-state index contributed by atoms with van der Waals surface area (Å²) in [7, 11) is 0. The van der Waals surface area contributed by atoms with Gasteiger partial charge in [-0.15, -0.1) is 0 Å². The molecular formula is C18H14FN3OS2. The molecule has 1 aromatic carbocycles. The maximum absolute atomic E-state index is 13.3. The molecule has 1 unspecified atom stereocenters. The first-order valence-electron chi connectivity index (χ1n) is 7.69. The molecule has 7 heteroatoms. The second-order valence-corrected chi connectivity index (χ2v) is 7.40. The molecule has 1 amide bonds. The summed E-state index contributed by atoms with van der Waals surface area (Å²) in [6.45, 7) is 0. The number of anilines is 1. The standard InChI is InChI=1S/C18H14FN3OS2/c19-13-3-4-14-16(9-13)25-18(20-14)21-17(23)10-15(12-5-8-24-11-12)22-6-1-2-7-22/h1-9,11,15H,10H2,(H,20,21,23). The zero-order chi connectivity index (χ0) is 17.2. The van der Waals surface area contributed by atoms with Crippen molar-refractivity contribution in [3.63, 3.8) is 0 Å². The third-order valence-corrected chi connectivity index (χ3v) is 5.53. The minimum absolute atomic E-state index is 0.0620. The molecule has 0 fully saturated rings. The average molecular weight is 371 g/mol. The number of thiazole rings is 1. The monoisotopic (exact) mass is 371 g/mol. The Morgan fingerprint density at radius 2 is 2.12 bits per heavy atom. The smallest absolute Gasteiger partial charge is 0.228 e. The van der Waals surface area contributed by atoms with Gasteiger partial charge in [0, 0.05) is 12.4 Å². The number of nitrogens with zero attached hydrogens (tertiary/aromatic N) is 2. The first-order chi connectivity index (χ1) is 12.2. The van der Waals surface area contributed by atoms with E-state index in [1.54, 1.807) is 17.4 Å². The Labute approximate surface area is 151 Å². The van der Waals surface area contributed by atoms with Crippen LogP contribution in [0.15, 0.2) is 59.6 Å². The van der Waals surface area contributed by atoms with Gasteiger partial charge in [-0.1, -0.05) is 11.3 Å². The highest BCUT2D eigenvalue weighted by molar-refractivity contribution is 7.22. The Balaban J connectivity index is 1.53. The summed E-state index contributed by atoms with van der Waals surface area (Å²) >= 11 is 2.88. The molecule has 0 saturated carbocycles. The Hall–Kier alpha value is -2.51. The van der Waals surface area contributed by atoms with E-state index in [2.05, 4.69) is 15.7 Å². The molecule has 1 atom stereocenters. The third kappa shape index (κ3) is 3.47. The van der Waals surface area contributed by atoms with Crippen LogP contribution >= 0.6 is 22.7 Å². The van der Waals surface area contributed by atoms with Crippen LogP contribution < -0.4 is 5.32 Å². The van der Waals surface area contributed by atoms with Crippen LogP contribution in [-0.4, -0.2) is 15.5 Å². The molecule has 0 radical (unpaired) electrons. The maximum Gasteiger partial charge on any atom is 0.228 e. The first-order valence-corrected chi connectivity index (χ1v) is 9.45. The van der Waals surface area contributed by atoms with Crippen molar-refractivity contribution in [3.8, 4) is 0 Å².